The van der Waals surface area contributed by atoms with Crippen LogP contribution in [0.2, 0.25) is 10.0 Å². The van der Waals surface area contributed by atoms with Gasteiger partial charge in [-0.25, -0.2) is 9.98 Å². The zero-order valence-electron chi connectivity index (χ0n) is 17.7. The van der Waals surface area contributed by atoms with E-state index in [0.717, 1.165) is 37.1 Å². The van der Waals surface area contributed by atoms with Gasteiger partial charge in [0.15, 0.2) is 0 Å². The number of guanidine groups is 2. The second kappa shape index (κ2) is 14.8. The predicted molar refractivity (Wildman–Crippen MR) is 139 cm³/mol. The second-order valence-electron chi connectivity index (χ2n) is 6.71. The van der Waals surface area contributed by atoms with Crippen LogP contribution in [0.4, 0.5) is 11.4 Å². The molecule has 8 nitrogen and oxygen atoms in total. The number of benzene rings is 2. The van der Waals surface area contributed by atoms with Crippen LogP contribution in [0.3, 0.4) is 0 Å². The Hall–Kier alpha value is -3.10. The molecule has 32 heavy (non-hydrogen) atoms. The van der Waals surface area contributed by atoms with E-state index in [0.29, 0.717) is 23.1 Å². The molecule has 0 heterocycles. The SMILES string of the molecule is NC(=N/CCCCCC/N=C(N)/N=C/Nc1ccc(Cl)cc1)/N=C/Nc1ccc(Cl)cc1. The van der Waals surface area contributed by atoms with Gasteiger partial charge in [-0.1, -0.05) is 36.0 Å². The number of rotatable bonds is 11. The number of nitrogens with two attached hydrogens (primary N) is 2. The van der Waals surface area contributed by atoms with Crippen LogP contribution in [-0.4, -0.2) is 37.7 Å². The third-order valence-electron chi connectivity index (χ3n) is 4.16. The highest BCUT2D eigenvalue weighted by atomic mass is 35.5. The lowest BCUT2D eigenvalue weighted by Gasteiger charge is -2.00. The van der Waals surface area contributed by atoms with Crippen LogP contribution < -0.4 is 22.1 Å². The molecule has 0 fully saturated rings. The highest BCUT2D eigenvalue weighted by Crippen LogP contribution is 2.13. The summed E-state index contributed by atoms with van der Waals surface area (Å²) in [6, 6.07) is 14.6. The largest absolute Gasteiger partial charge is 0.368 e. The highest BCUT2D eigenvalue weighted by Gasteiger charge is 1.93. The Morgan fingerprint density at radius 3 is 1.41 bits per heavy atom. The lowest BCUT2D eigenvalue weighted by Crippen LogP contribution is -2.11. The van der Waals surface area contributed by atoms with Crippen molar-refractivity contribution >= 4 is 59.2 Å². The molecule has 2 aromatic rings. The molecule has 0 aromatic heterocycles. The molecule has 0 amide bonds. The predicted octanol–water partition coefficient (Wildman–Crippen LogP) is 4.76. The molecule has 0 saturated heterocycles. The average molecular weight is 475 g/mol. The maximum absolute atomic E-state index is 5.84. The van der Waals surface area contributed by atoms with Gasteiger partial charge in [0, 0.05) is 34.5 Å². The van der Waals surface area contributed by atoms with Crippen molar-refractivity contribution in [3.05, 3.63) is 58.6 Å². The molecule has 0 radical (unpaired) electrons. The number of hydrogen-bond donors (Lipinski definition) is 4. The molecule has 0 unspecified atom stereocenters. The summed E-state index contributed by atoms with van der Waals surface area (Å²) in [5.41, 5.74) is 13.3. The Balaban J connectivity index is 1.52. The normalized spacial score (nSPS) is 12.6. The van der Waals surface area contributed by atoms with Crippen LogP contribution in [0.1, 0.15) is 25.7 Å². The second-order valence-corrected chi connectivity index (χ2v) is 7.59. The highest BCUT2D eigenvalue weighted by molar-refractivity contribution is 6.30. The zero-order chi connectivity index (χ0) is 23.0. The van der Waals surface area contributed by atoms with E-state index in [1.807, 2.05) is 24.3 Å². The van der Waals surface area contributed by atoms with E-state index in [1.54, 1.807) is 24.3 Å². The van der Waals surface area contributed by atoms with Crippen molar-refractivity contribution in [2.45, 2.75) is 25.7 Å². The molecule has 10 heteroatoms. The monoisotopic (exact) mass is 474 g/mol. The van der Waals surface area contributed by atoms with Crippen LogP contribution in [-0.2, 0) is 0 Å². The number of unbranched alkanes of at least 4 members (excludes halogenated alkanes) is 3. The third kappa shape index (κ3) is 11.3. The summed E-state index contributed by atoms with van der Waals surface area (Å²) in [7, 11) is 0. The number of nitrogens with one attached hydrogen (secondary N) is 2. The zero-order valence-corrected chi connectivity index (χ0v) is 19.2. The molecular formula is C22H28Cl2N8. The van der Waals surface area contributed by atoms with Crippen molar-refractivity contribution < 1.29 is 0 Å². The summed E-state index contributed by atoms with van der Waals surface area (Å²) in [5, 5.41) is 7.38. The first-order valence-electron chi connectivity index (χ1n) is 10.2. The summed E-state index contributed by atoms with van der Waals surface area (Å²) in [6.07, 6.45) is 6.95. The first-order chi connectivity index (χ1) is 15.5. The van der Waals surface area contributed by atoms with E-state index in [1.165, 1.54) is 12.7 Å². The van der Waals surface area contributed by atoms with Gasteiger partial charge in [-0.05, 0) is 61.4 Å². The third-order valence-corrected chi connectivity index (χ3v) is 4.66. The quantitative estimate of drug-likeness (QED) is 0.212. The standard InChI is InChI=1S/C22H28Cl2N8/c23-17-5-9-19(10-6-17)29-15-31-21(25)27-13-3-1-2-4-14-28-22(26)32-16-30-20-11-7-18(24)8-12-20/h5-12,15-16H,1-4,13-14H2,(H3,25,27,29,31)(H3,26,28,30,32). The van der Waals surface area contributed by atoms with Crippen molar-refractivity contribution in [3.8, 4) is 0 Å². The molecule has 0 aliphatic heterocycles. The molecule has 0 atom stereocenters. The number of aliphatic imine (C=N–C) groups is 4. The molecule has 170 valence electrons. The lowest BCUT2D eigenvalue weighted by atomic mass is 10.2. The summed E-state index contributed by atoms with van der Waals surface area (Å²) in [6.45, 7) is 1.27. The summed E-state index contributed by atoms with van der Waals surface area (Å²) in [5.74, 6) is 0.489. The van der Waals surface area contributed by atoms with E-state index in [9.17, 15) is 0 Å². The maximum atomic E-state index is 5.84. The molecule has 2 rings (SSSR count). The Kier molecular flexibility index (Phi) is 11.7. The Labute approximate surface area is 198 Å². The Morgan fingerprint density at radius 2 is 1.03 bits per heavy atom. The van der Waals surface area contributed by atoms with E-state index >= 15 is 0 Å². The first-order valence-corrected chi connectivity index (χ1v) is 11.0. The van der Waals surface area contributed by atoms with E-state index in [2.05, 4.69) is 30.6 Å². The minimum absolute atomic E-state index is 0.244. The van der Waals surface area contributed by atoms with Crippen LogP contribution in [0, 0.1) is 0 Å². The van der Waals surface area contributed by atoms with Crippen LogP contribution in [0.25, 0.3) is 0 Å². The fraction of sp³-hybridized carbons (Fsp3) is 0.273. The summed E-state index contributed by atoms with van der Waals surface area (Å²) < 4.78 is 0. The molecule has 2 aromatic carbocycles. The van der Waals surface area contributed by atoms with E-state index in [-0.39, 0.29) is 11.9 Å². The minimum atomic E-state index is 0.244. The van der Waals surface area contributed by atoms with E-state index < -0.39 is 0 Å². The molecule has 0 aliphatic rings. The van der Waals surface area contributed by atoms with Gasteiger partial charge < -0.3 is 22.1 Å². The van der Waals surface area contributed by atoms with E-state index in [4.69, 9.17) is 34.7 Å². The Morgan fingerprint density at radius 1 is 0.656 bits per heavy atom. The first kappa shape index (κ1) is 25.2. The number of halogens is 2. The average Bonchev–Trinajstić information content (AvgIpc) is 2.78. The number of nitrogens with zero attached hydrogens (tertiary/aromatic N) is 4. The van der Waals surface area contributed by atoms with Crippen LogP contribution in [0.15, 0.2) is 68.5 Å². The van der Waals surface area contributed by atoms with Crippen molar-refractivity contribution in [3.63, 3.8) is 0 Å². The maximum Gasteiger partial charge on any atom is 0.216 e. The number of hydrogen-bond acceptors (Lipinski definition) is 2. The fourth-order valence-electron chi connectivity index (χ4n) is 2.48. The van der Waals surface area contributed by atoms with Gasteiger partial charge in [-0.3, -0.25) is 9.98 Å². The summed E-state index contributed by atoms with van der Waals surface area (Å²) >= 11 is 11.7. The van der Waals surface area contributed by atoms with Crippen molar-refractivity contribution in [1.29, 1.82) is 0 Å². The van der Waals surface area contributed by atoms with Gasteiger partial charge in [-0.15, -0.1) is 0 Å². The van der Waals surface area contributed by atoms with Gasteiger partial charge in [0.05, 0.1) is 12.7 Å². The fourth-order valence-corrected chi connectivity index (χ4v) is 2.74. The van der Waals surface area contributed by atoms with Gasteiger partial charge in [0.1, 0.15) is 0 Å². The molecule has 0 saturated carbocycles. The van der Waals surface area contributed by atoms with Crippen molar-refractivity contribution in [1.82, 2.24) is 0 Å². The van der Waals surface area contributed by atoms with Crippen molar-refractivity contribution in [2.24, 2.45) is 31.4 Å². The molecule has 0 bridgehead atoms. The van der Waals surface area contributed by atoms with Crippen LogP contribution in [0.5, 0.6) is 0 Å². The van der Waals surface area contributed by atoms with Crippen molar-refractivity contribution in [2.75, 3.05) is 23.7 Å². The van der Waals surface area contributed by atoms with Gasteiger partial charge in [0.2, 0.25) is 11.9 Å². The molecule has 6 N–H and O–H groups in total. The lowest BCUT2D eigenvalue weighted by molar-refractivity contribution is 0.653. The minimum Gasteiger partial charge on any atom is -0.368 e. The Bertz CT molecular complexity index is 844. The molecule has 0 spiro atoms. The smallest absolute Gasteiger partial charge is 0.216 e. The summed E-state index contributed by atoms with van der Waals surface area (Å²) in [4.78, 5) is 16.6. The molecule has 0 aliphatic carbocycles. The van der Waals surface area contributed by atoms with Gasteiger partial charge in [-0.2, -0.15) is 0 Å². The molecular weight excluding hydrogens is 447 g/mol. The van der Waals surface area contributed by atoms with Gasteiger partial charge >= 0.3 is 0 Å². The topological polar surface area (TPSA) is 126 Å². The van der Waals surface area contributed by atoms with Crippen LogP contribution >= 0.6 is 23.2 Å². The number of anilines is 2. The van der Waals surface area contributed by atoms with Gasteiger partial charge in [0.25, 0.3) is 0 Å².